The fourth-order valence-corrected chi connectivity index (χ4v) is 4.00. The van der Waals surface area contributed by atoms with Gasteiger partial charge in [0.15, 0.2) is 0 Å². The van der Waals surface area contributed by atoms with Crippen LogP contribution in [-0.2, 0) is 4.79 Å². The van der Waals surface area contributed by atoms with Crippen molar-refractivity contribution in [2.45, 2.75) is 25.7 Å². The first kappa shape index (κ1) is 17.9. The lowest BCUT2D eigenvalue weighted by molar-refractivity contribution is -0.137. The SMILES string of the molecule is O=C(O)CC[C@@H]1CCCN(C(=O)c2csc(-c3ccc(Cl)cc3)n2)C1. The van der Waals surface area contributed by atoms with Crippen molar-refractivity contribution in [1.82, 2.24) is 9.88 Å². The number of amides is 1. The van der Waals surface area contributed by atoms with Crippen LogP contribution >= 0.6 is 22.9 Å². The minimum absolute atomic E-state index is 0.0727. The molecule has 25 heavy (non-hydrogen) atoms. The van der Waals surface area contributed by atoms with E-state index in [2.05, 4.69) is 4.98 Å². The summed E-state index contributed by atoms with van der Waals surface area (Å²) in [6, 6.07) is 7.38. The molecule has 7 heteroatoms. The van der Waals surface area contributed by atoms with Crippen molar-refractivity contribution >= 4 is 34.8 Å². The summed E-state index contributed by atoms with van der Waals surface area (Å²) in [5.74, 6) is -0.602. The van der Waals surface area contributed by atoms with E-state index in [9.17, 15) is 9.59 Å². The van der Waals surface area contributed by atoms with Crippen LogP contribution in [0.4, 0.5) is 0 Å². The van der Waals surface area contributed by atoms with Gasteiger partial charge in [-0.05, 0) is 37.3 Å². The lowest BCUT2D eigenvalue weighted by Gasteiger charge is -2.32. The molecule has 0 saturated carbocycles. The van der Waals surface area contributed by atoms with Crippen LogP contribution in [-0.4, -0.2) is 40.0 Å². The molecule has 3 rings (SSSR count). The van der Waals surface area contributed by atoms with Crippen molar-refractivity contribution in [1.29, 1.82) is 0 Å². The average molecular weight is 379 g/mol. The normalized spacial score (nSPS) is 17.5. The molecule has 0 aliphatic carbocycles. The summed E-state index contributed by atoms with van der Waals surface area (Å²) in [5, 5.41) is 12.1. The third-order valence-corrected chi connectivity index (χ3v) is 5.53. The molecule has 132 valence electrons. The first-order valence-corrected chi connectivity index (χ1v) is 9.51. The Kier molecular flexibility index (Phi) is 5.71. The third-order valence-electron chi connectivity index (χ3n) is 4.39. The maximum atomic E-state index is 12.7. The van der Waals surface area contributed by atoms with E-state index in [1.54, 1.807) is 22.4 Å². The number of aromatic nitrogens is 1. The molecule has 1 N–H and O–H groups in total. The molecule has 1 aromatic heterocycles. The monoisotopic (exact) mass is 378 g/mol. The quantitative estimate of drug-likeness (QED) is 0.847. The molecule has 1 amide bonds. The minimum atomic E-state index is -0.782. The van der Waals surface area contributed by atoms with Gasteiger partial charge in [-0.3, -0.25) is 9.59 Å². The smallest absolute Gasteiger partial charge is 0.303 e. The third kappa shape index (κ3) is 4.58. The van der Waals surface area contributed by atoms with Crippen molar-refractivity contribution in [3.63, 3.8) is 0 Å². The molecule has 2 heterocycles. The number of halogens is 1. The minimum Gasteiger partial charge on any atom is -0.481 e. The van der Waals surface area contributed by atoms with Crippen LogP contribution in [0.5, 0.6) is 0 Å². The molecule has 1 aliphatic rings. The highest BCUT2D eigenvalue weighted by Gasteiger charge is 2.26. The van der Waals surface area contributed by atoms with Gasteiger partial charge < -0.3 is 10.0 Å². The molecule has 1 fully saturated rings. The van der Waals surface area contributed by atoms with Gasteiger partial charge in [0.25, 0.3) is 5.91 Å². The number of benzene rings is 1. The molecule has 2 aromatic rings. The van der Waals surface area contributed by atoms with Gasteiger partial charge in [0.05, 0.1) is 0 Å². The number of carbonyl (C=O) groups is 2. The zero-order chi connectivity index (χ0) is 17.8. The second-order valence-corrected chi connectivity index (χ2v) is 7.53. The number of carbonyl (C=O) groups excluding carboxylic acids is 1. The summed E-state index contributed by atoms with van der Waals surface area (Å²) >= 11 is 7.34. The van der Waals surface area contributed by atoms with Crippen LogP contribution < -0.4 is 0 Å². The Hall–Kier alpha value is -1.92. The standard InChI is InChI=1S/C18H19ClN2O3S/c19-14-6-4-13(5-7-14)17-20-15(11-25-17)18(24)21-9-1-2-12(10-21)3-8-16(22)23/h4-7,11-12H,1-3,8-10H2,(H,22,23)/t12-/m0/s1. The topological polar surface area (TPSA) is 70.5 Å². The Balaban J connectivity index is 1.66. The van der Waals surface area contributed by atoms with Crippen molar-refractivity contribution in [2.24, 2.45) is 5.92 Å². The van der Waals surface area contributed by atoms with E-state index in [0.29, 0.717) is 30.2 Å². The van der Waals surface area contributed by atoms with Gasteiger partial charge in [-0.15, -0.1) is 11.3 Å². The second kappa shape index (κ2) is 7.97. The van der Waals surface area contributed by atoms with Crippen LogP contribution in [0.1, 0.15) is 36.2 Å². The summed E-state index contributed by atoms with van der Waals surface area (Å²) < 4.78 is 0. The Morgan fingerprint density at radius 1 is 1.32 bits per heavy atom. The van der Waals surface area contributed by atoms with Gasteiger partial charge in [0.1, 0.15) is 10.7 Å². The highest BCUT2D eigenvalue weighted by Crippen LogP contribution is 2.27. The summed E-state index contributed by atoms with van der Waals surface area (Å²) in [5.41, 5.74) is 1.39. The number of hydrogen-bond acceptors (Lipinski definition) is 4. The summed E-state index contributed by atoms with van der Waals surface area (Å²) in [6.45, 7) is 1.32. The molecule has 5 nitrogen and oxygen atoms in total. The highest BCUT2D eigenvalue weighted by molar-refractivity contribution is 7.13. The van der Waals surface area contributed by atoms with Crippen LogP contribution in [0, 0.1) is 5.92 Å². The molecule has 1 aromatic carbocycles. The zero-order valence-electron chi connectivity index (χ0n) is 13.7. The van der Waals surface area contributed by atoms with Crippen molar-refractivity contribution in [2.75, 3.05) is 13.1 Å². The first-order chi connectivity index (χ1) is 12.0. The number of nitrogens with zero attached hydrogens (tertiary/aromatic N) is 2. The molecular formula is C18H19ClN2O3S. The van der Waals surface area contributed by atoms with Gasteiger partial charge in [-0.25, -0.2) is 4.98 Å². The van der Waals surface area contributed by atoms with Gasteiger partial charge in [-0.1, -0.05) is 23.7 Å². The molecule has 0 radical (unpaired) electrons. The number of thiazole rings is 1. The Labute approximate surface area is 155 Å². The van der Waals surface area contributed by atoms with Gasteiger partial charge >= 0.3 is 5.97 Å². The summed E-state index contributed by atoms with van der Waals surface area (Å²) in [7, 11) is 0. The van der Waals surface area contributed by atoms with E-state index in [1.807, 2.05) is 12.1 Å². The predicted molar refractivity (Wildman–Crippen MR) is 98.1 cm³/mol. The van der Waals surface area contributed by atoms with E-state index in [1.165, 1.54) is 11.3 Å². The second-order valence-electron chi connectivity index (χ2n) is 6.24. The lowest BCUT2D eigenvalue weighted by Crippen LogP contribution is -2.40. The zero-order valence-corrected chi connectivity index (χ0v) is 15.2. The lowest BCUT2D eigenvalue weighted by atomic mass is 9.93. The fraction of sp³-hybridized carbons (Fsp3) is 0.389. The number of likely N-dealkylation sites (tertiary alicyclic amines) is 1. The number of carboxylic acids is 1. The largest absolute Gasteiger partial charge is 0.481 e. The maximum Gasteiger partial charge on any atom is 0.303 e. The molecule has 0 unspecified atom stereocenters. The molecule has 0 spiro atoms. The van der Waals surface area contributed by atoms with Crippen LogP contribution in [0.3, 0.4) is 0 Å². The number of carboxylic acid groups (broad SMARTS) is 1. The van der Waals surface area contributed by atoms with Gasteiger partial charge in [0.2, 0.25) is 0 Å². The van der Waals surface area contributed by atoms with Crippen LogP contribution in [0.15, 0.2) is 29.6 Å². The summed E-state index contributed by atoms with van der Waals surface area (Å²) in [6.07, 6.45) is 2.66. The van der Waals surface area contributed by atoms with Crippen molar-refractivity contribution in [3.8, 4) is 10.6 Å². The first-order valence-electron chi connectivity index (χ1n) is 8.25. The highest BCUT2D eigenvalue weighted by atomic mass is 35.5. The Bertz CT molecular complexity index is 760. The van der Waals surface area contributed by atoms with Gasteiger partial charge in [-0.2, -0.15) is 0 Å². The molecule has 1 saturated heterocycles. The molecule has 1 atom stereocenters. The molecular weight excluding hydrogens is 360 g/mol. The maximum absolute atomic E-state index is 12.7. The van der Waals surface area contributed by atoms with Crippen molar-refractivity contribution in [3.05, 3.63) is 40.4 Å². The molecule has 0 bridgehead atoms. The van der Waals surface area contributed by atoms with E-state index in [4.69, 9.17) is 16.7 Å². The van der Waals surface area contributed by atoms with E-state index >= 15 is 0 Å². The van der Waals surface area contributed by atoms with Crippen LogP contribution in [0.25, 0.3) is 10.6 Å². The Morgan fingerprint density at radius 2 is 2.08 bits per heavy atom. The van der Waals surface area contributed by atoms with E-state index < -0.39 is 5.97 Å². The number of hydrogen-bond donors (Lipinski definition) is 1. The van der Waals surface area contributed by atoms with E-state index in [0.717, 1.165) is 23.4 Å². The predicted octanol–water partition coefficient (Wildman–Crippen LogP) is 4.18. The molecule has 1 aliphatic heterocycles. The Morgan fingerprint density at radius 3 is 2.80 bits per heavy atom. The van der Waals surface area contributed by atoms with E-state index in [-0.39, 0.29) is 18.2 Å². The number of piperidine rings is 1. The van der Waals surface area contributed by atoms with Crippen LogP contribution in [0.2, 0.25) is 5.02 Å². The average Bonchev–Trinajstić information content (AvgIpc) is 3.10. The summed E-state index contributed by atoms with van der Waals surface area (Å²) in [4.78, 5) is 29.7. The van der Waals surface area contributed by atoms with Gasteiger partial charge in [0, 0.05) is 35.5 Å². The number of aliphatic carboxylic acids is 1. The fourth-order valence-electron chi connectivity index (χ4n) is 3.07. The van der Waals surface area contributed by atoms with Crippen molar-refractivity contribution < 1.29 is 14.7 Å². The number of rotatable bonds is 5.